The van der Waals surface area contributed by atoms with Crippen LogP contribution in [0.1, 0.15) is 39.5 Å². The van der Waals surface area contributed by atoms with E-state index >= 15 is 0 Å². The number of nitrogens with one attached hydrogen (secondary N) is 1. The monoisotopic (exact) mass is 213 g/mol. The fraction of sp³-hybridized carbons (Fsp3) is 0.750. The van der Waals surface area contributed by atoms with Gasteiger partial charge in [0.2, 0.25) is 0 Å². The molecule has 0 bridgehead atoms. The molecule has 86 valence electrons. The maximum absolute atomic E-state index is 12.5. The zero-order valence-electron chi connectivity index (χ0n) is 9.55. The first-order valence-corrected chi connectivity index (χ1v) is 5.66. The van der Waals surface area contributed by atoms with Gasteiger partial charge in [-0.1, -0.05) is 33.3 Å². The number of carbonyl (C=O) groups excluding carboxylic acids is 1. The minimum Gasteiger partial charge on any atom is -0.347 e. The molecule has 0 saturated heterocycles. The van der Waals surface area contributed by atoms with E-state index in [1.165, 1.54) is 6.42 Å². The van der Waals surface area contributed by atoms with Gasteiger partial charge >= 0.3 is 0 Å². The van der Waals surface area contributed by atoms with Crippen molar-refractivity contribution in [1.82, 2.24) is 5.32 Å². The summed E-state index contributed by atoms with van der Waals surface area (Å²) < 4.78 is 12.5. The zero-order chi connectivity index (χ0) is 11.4. The highest BCUT2D eigenvalue weighted by molar-refractivity contribution is 5.90. The third-order valence-electron chi connectivity index (χ3n) is 3.24. The molecule has 1 amide bonds. The Morgan fingerprint density at radius 3 is 2.67 bits per heavy atom. The molecule has 2 nitrogen and oxygen atoms in total. The summed E-state index contributed by atoms with van der Waals surface area (Å²) in [6, 6.07) is 0.131. The Morgan fingerprint density at radius 2 is 2.13 bits per heavy atom. The predicted molar refractivity (Wildman–Crippen MR) is 59.0 cm³/mol. The molecule has 1 rings (SSSR count). The Balaban J connectivity index is 2.43. The van der Waals surface area contributed by atoms with Crippen molar-refractivity contribution in [3.05, 3.63) is 12.4 Å². The summed E-state index contributed by atoms with van der Waals surface area (Å²) in [6.07, 6.45) is 4.27. The topological polar surface area (TPSA) is 29.1 Å². The molecule has 0 aromatic rings. The van der Waals surface area contributed by atoms with E-state index in [1.54, 1.807) is 0 Å². The first-order valence-electron chi connectivity index (χ1n) is 5.66. The van der Waals surface area contributed by atoms with Gasteiger partial charge in [0.15, 0.2) is 5.83 Å². The van der Waals surface area contributed by atoms with Crippen LogP contribution in [0.2, 0.25) is 0 Å². The molecule has 1 N–H and O–H groups in total. The van der Waals surface area contributed by atoms with Gasteiger partial charge in [0, 0.05) is 6.04 Å². The number of hydrogen-bond donors (Lipinski definition) is 1. The molecule has 0 aromatic heterocycles. The molecule has 15 heavy (non-hydrogen) atoms. The predicted octanol–water partition coefficient (Wildman–Crippen LogP) is 2.80. The number of hydrogen-bond acceptors (Lipinski definition) is 1. The smallest absolute Gasteiger partial charge is 0.279 e. The van der Waals surface area contributed by atoms with Crippen LogP contribution in [0.15, 0.2) is 12.4 Å². The van der Waals surface area contributed by atoms with E-state index in [-0.39, 0.29) is 6.04 Å². The largest absolute Gasteiger partial charge is 0.347 e. The van der Waals surface area contributed by atoms with E-state index in [0.717, 1.165) is 19.3 Å². The van der Waals surface area contributed by atoms with Gasteiger partial charge in [-0.25, -0.2) is 4.39 Å². The molecular weight excluding hydrogens is 193 g/mol. The molecule has 1 fully saturated rings. The molecule has 0 aliphatic heterocycles. The molecule has 0 heterocycles. The first kappa shape index (κ1) is 12.2. The van der Waals surface area contributed by atoms with Crippen molar-refractivity contribution in [2.75, 3.05) is 0 Å². The van der Waals surface area contributed by atoms with Gasteiger partial charge in [0.05, 0.1) is 0 Å². The van der Waals surface area contributed by atoms with Crippen molar-refractivity contribution in [3.8, 4) is 0 Å². The molecule has 0 radical (unpaired) electrons. The highest BCUT2D eigenvalue weighted by atomic mass is 19.1. The second-order valence-corrected chi connectivity index (χ2v) is 4.75. The number of rotatable bonds is 3. The average Bonchev–Trinajstić information content (AvgIpc) is 2.18. The van der Waals surface area contributed by atoms with E-state index in [9.17, 15) is 9.18 Å². The molecule has 1 aliphatic rings. The van der Waals surface area contributed by atoms with E-state index in [1.807, 2.05) is 0 Å². The van der Waals surface area contributed by atoms with Gasteiger partial charge in [-0.2, -0.15) is 0 Å². The summed E-state index contributed by atoms with van der Waals surface area (Å²) >= 11 is 0. The number of carbonyl (C=O) groups is 1. The number of amides is 1. The van der Waals surface area contributed by atoms with E-state index in [0.29, 0.717) is 11.8 Å². The highest BCUT2D eigenvalue weighted by Gasteiger charge is 2.25. The molecule has 1 aliphatic carbocycles. The highest BCUT2D eigenvalue weighted by Crippen LogP contribution is 2.29. The maximum Gasteiger partial charge on any atom is 0.279 e. The van der Waals surface area contributed by atoms with Crippen molar-refractivity contribution in [2.24, 2.45) is 11.8 Å². The Kier molecular flexibility index (Phi) is 4.30. The Bertz CT molecular complexity index is 250. The van der Waals surface area contributed by atoms with Gasteiger partial charge in [-0.15, -0.1) is 0 Å². The standard InChI is InChI=1S/C12H20FNO/c1-8(2)10-5-4-6-11(7-10)14-12(15)9(3)13/h8,10-11H,3-7H2,1-2H3,(H,14,15). The minimum absolute atomic E-state index is 0.131. The van der Waals surface area contributed by atoms with Gasteiger partial charge in [0.1, 0.15) is 0 Å². The summed E-state index contributed by atoms with van der Waals surface area (Å²) in [5, 5.41) is 2.69. The Labute approximate surface area is 90.9 Å². The minimum atomic E-state index is -0.887. The van der Waals surface area contributed by atoms with Crippen molar-refractivity contribution in [3.63, 3.8) is 0 Å². The van der Waals surface area contributed by atoms with Crippen molar-refractivity contribution < 1.29 is 9.18 Å². The van der Waals surface area contributed by atoms with Crippen LogP contribution in [-0.2, 0) is 4.79 Å². The summed E-state index contributed by atoms with van der Waals surface area (Å²) in [4.78, 5) is 11.1. The first-order chi connectivity index (χ1) is 7.00. The van der Waals surface area contributed by atoms with Crippen LogP contribution < -0.4 is 5.32 Å². The van der Waals surface area contributed by atoms with Crippen LogP contribution in [0, 0.1) is 11.8 Å². The molecule has 1 saturated carbocycles. The van der Waals surface area contributed by atoms with Crippen molar-refractivity contribution in [2.45, 2.75) is 45.6 Å². The van der Waals surface area contributed by atoms with Crippen LogP contribution in [0.25, 0.3) is 0 Å². The van der Waals surface area contributed by atoms with Crippen LogP contribution in [-0.4, -0.2) is 11.9 Å². The normalized spacial score (nSPS) is 26.4. The van der Waals surface area contributed by atoms with Gasteiger partial charge in [0.25, 0.3) is 5.91 Å². The SMILES string of the molecule is C=C(F)C(=O)NC1CCCC(C(C)C)C1. The average molecular weight is 213 g/mol. The molecule has 0 spiro atoms. The van der Waals surface area contributed by atoms with Crippen molar-refractivity contribution >= 4 is 5.91 Å². The van der Waals surface area contributed by atoms with Crippen molar-refractivity contribution in [1.29, 1.82) is 0 Å². The molecule has 2 atom stereocenters. The Morgan fingerprint density at radius 1 is 1.47 bits per heavy atom. The van der Waals surface area contributed by atoms with Crippen LogP contribution in [0.3, 0.4) is 0 Å². The van der Waals surface area contributed by atoms with Crippen LogP contribution >= 0.6 is 0 Å². The molecular formula is C12H20FNO. The van der Waals surface area contributed by atoms with E-state index in [2.05, 4.69) is 25.7 Å². The fourth-order valence-corrected chi connectivity index (χ4v) is 2.23. The van der Waals surface area contributed by atoms with Crippen LogP contribution in [0.5, 0.6) is 0 Å². The molecule has 0 aromatic carbocycles. The second-order valence-electron chi connectivity index (χ2n) is 4.75. The number of halogens is 1. The lowest BCUT2D eigenvalue weighted by Crippen LogP contribution is -2.39. The van der Waals surface area contributed by atoms with Gasteiger partial charge in [-0.3, -0.25) is 4.79 Å². The molecule has 3 heteroatoms. The summed E-state index contributed by atoms with van der Waals surface area (Å²) in [5.74, 6) is -0.249. The summed E-state index contributed by atoms with van der Waals surface area (Å²) in [5.41, 5.74) is 0. The zero-order valence-corrected chi connectivity index (χ0v) is 9.55. The lowest BCUT2D eigenvalue weighted by Gasteiger charge is -2.31. The fourth-order valence-electron chi connectivity index (χ4n) is 2.23. The Hall–Kier alpha value is -0.860. The van der Waals surface area contributed by atoms with E-state index < -0.39 is 11.7 Å². The third-order valence-corrected chi connectivity index (χ3v) is 3.24. The maximum atomic E-state index is 12.5. The third kappa shape index (κ3) is 3.65. The summed E-state index contributed by atoms with van der Waals surface area (Å²) in [6.45, 7) is 7.39. The summed E-state index contributed by atoms with van der Waals surface area (Å²) in [7, 11) is 0. The van der Waals surface area contributed by atoms with Gasteiger partial charge < -0.3 is 5.32 Å². The lowest BCUT2D eigenvalue weighted by molar-refractivity contribution is -0.119. The van der Waals surface area contributed by atoms with Crippen LogP contribution in [0.4, 0.5) is 4.39 Å². The molecule has 2 unspecified atom stereocenters. The second kappa shape index (κ2) is 5.29. The lowest BCUT2D eigenvalue weighted by atomic mass is 9.79. The van der Waals surface area contributed by atoms with E-state index in [4.69, 9.17) is 0 Å². The van der Waals surface area contributed by atoms with Gasteiger partial charge in [-0.05, 0) is 24.7 Å². The quantitative estimate of drug-likeness (QED) is 0.718.